The molecule has 0 aliphatic carbocycles. The zero-order valence-corrected chi connectivity index (χ0v) is 12.7. The summed E-state index contributed by atoms with van der Waals surface area (Å²) in [4.78, 5) is 3.35. The number of hydrogen-bond donors (Lipinski definition) is 3. The van der Waals surface area contributed by atoms with Crippen molar-refractivity contribution in [2.45, 2.75) is 33.0 Å². The molecule has 0 unspecified atom stereocenters. The monoisotopic (exact) mass is 274 g/mol. The molecule has 20 heavy (non-hydrogen) atoms. The molecule has 4 heterocycles. The first-order chi connectivity index (χ1) is 9.41. The molecule has 0 saturated carbocycles. The Bertz CT molecular complexity index is 500. The molecule has 4 fully saturated rings. The molecule has 1 aromatic carbocycles. The number of hydrogen-bond acceptors (Lipinski definition) is 1. The number of aryl methyl sites for hydroxylation is 1. The van der Waals surface area contributed by atoms with Crippen LogP contribution in [0.15, 0.2) is 24.3 Å². The highest BCUT2D eigenvalue weighted by Crippen LogP contribution is 2.39. The maximum Gasteiger partial charge on any atom is 0.240 e. The van der Waals surface area contributed by atoms with Crippen LogP contribution in [0, 0.1) is 17.8 Å². The van der Waals surface area contributed by atoms with Crippen LogP contribution in [0.3, 0.4) is 0 Å². The molecule has 4 saturated heterocycles. The molecule has 0 aromatic heterocycles. The van der Waals surface area contributed by atoms with Crippen LogP contribution in [0.4, 0.5) is 0 Å². The standard InChI is InChI=1S/C17H24N2O/c1-12-4-6-13(7-5-12)14-18-8-16(2)9-19(14)11-17(3,10-18)15(16)20/h4-7,14-15,20H,8-11H2,1-3H3/p+2. The Labute approximate surface area is 121 Å². The number of quaternary nitrogens is 2. The van der Waals surface area contributed by atoms with Gasteiger partial charge < -0.3 is 5.11 Å². The van der Waals surface area contributed by atoms with E-state index in [2.05, 4.69) is 45.0 Å². The van der Waals surface area contributed by atoms with E-state index < -0.39 is 0 Å². The van der Waals surface area contributed by atoms with Gasteiger partial charge in [-0.3, -0.25) is 9.80 Å². The minimum absolute atomic E-state index is 0.108. The number of aliphatic hydroxyl groups is 1. The average molecular weight is 274 g/mol. The van der Waals surface area contributed by atoms with E-state index in [4.69, 9.17) is 0 Å². The molecule has 0 atom stereocenters. The molecule has 0 spiro atoms. The fourth-order valence-corrected chi connectivity index (χ4v) is 5.48. The molecule has 4 bridgehead atoms. The molecule has 5 rings (SSSR count). The average Bonchev–Trinajstić information content (AvgIpc) is 2.36. The fraction of sp³-hybridized carbons (Fsp3) is 0.647. The Morgan fingerprint density at radius 3 is 1.85 bits per heavy atom. The fourth-order valence-electron chi connectivity index (χ4n) is 5.48. The van der Waals surface area contributed by atoms with Gasteiger partial charge in [0.05, 0.1) is 48.7 Å². The topological polar surface area (TPSA) is 29.1 Å². The Balaban J connectivity index is 1.72. The summed E-state index contributed by atoms with van der Waals surface area (Å²) in [5, 5.41) is 10.7. The zero-order valence-electron chi connectivity index (χ0n) is 12.7. The Morgan fingerprint density at radius 1 is 0.950 bits per heavy atom. The largest absolute Gasteiger partial charge is 0.391 e. The lowest BCUT2D eigenvalue weighted by Gasteiger charge is -2.62. The van der Waals surface area contributed by atoms with Gasteiger partial charge in [-0.25, -0.2) is 0 Å². The molecule has 0 radical (unpaired) electrons. The normalized spacial score (nSPS) is 49.6. The van der Waals surface area contributed by atoms with Crippen molar-refractivity contribution in [2.24, 2.45) is 10.8 Å². The summed E-state index contributed by atoms with van der Waals surface area (Å²) in [5.41, 5.74) is 3.02. The minimum atomic E-state index is -0.124. The number of piperidine rings is 2. The van der Waals surface area contributed by atoms with E-state index in [9.17, 15) is 5.11 Å². The van der Waals surface area contributed by atoms with Crippen LogP contribution in [0.1, 0.15) is 31.1 Å². The highest BCUT2D eigenvalue weighted by molar-refractivity contribution is 5.22. The molecule has 1 aromatic rings. The van der Waals surface area contributed by atoms with Gasteiger partial charge in [0, 0.05) is 0 Å². The van der Waals surface area contributed by atoms with E-state index in [1.165, 1.54) is 11.1 Å². The summed E-state index contributed by atoms with van der Waals surface area (Å²) in [7, 11) is 0. The third kappa shape index (κ3) is 1.57. The van der Waals surface area contributed by atoms with Gasteiger partial charge in [0.25, 0.3) is 0 Å². The maximum absolute atomic E-state index is 10.7. The van der Waals surface area contributed by atoms with Crippen molar-refractivity contribution in [2.75, 3.05) is 26.2 Å². The summed E-state index contributed by atoms with van der Waals surface area (Å²) in [6, 6.07) is 9.09. The summed E-state index contributed by atoms with van der Waals surface area (Å²) in [6.45, 7) is 11.2. The van der Waals surface area contributed by atoms with Gasteiger partial charge in [-0.1, -0.05) is 17.7 Å². The van der Waals surface area contributed by atoms with E-state index in [0.29, 0.717) is 6.17 Å². The van der Waals surface area contributed by atoms with Crippen molar-refractivity contribution in [3.63, 3.8) is 0 Å². The lowest BCUT2D eigenvalue weighted by Crippen LogP contribution is -3.41. The van der Waals surface area contributed by atoms with Gasteiger partial charge in [0.1, 0.15) is 0 Å². The summed E-state index contributed by atoms with van der Waals surface area (Å²) < 4.78 is 0. The summed E-state index contributed by atoms with van der Waals surface area (Å²) >= 11 is 0. The Morgan fingerprint density at radius 2 is 1.40 bits per heavy atom. The van der Waals surface area contributed by atoms with E-state index in [1.807, 2.05) is 0 Å². The van der Waals surface area contributed by atoms with Crippen molar-refractivity contribution in [3.8, 4) is 0 Å². The lowest BCUT2D eigenvalue weighted by molar-refractivity contribution is -1.19. The smallest absolute Gasteiger partial charge is 0.240 e. The highest BCUT2D eigenvalue weighted by Gasteiger charge is 2.67. The molecule has 3 nitrogen and oxygen atoms in total. The molecule has 4 aliphatic rings. The van der Waals surface area contributed by atoms with Crippen molar-refractivity contribution < 1.29 is 14.9 Å². The van der Waals surface area contributed by atoms with E-state index in [-0.39, 0.29) is 16.9 Å². The predicted octanol–water partition coefficient (Wildman–Crippen LogP) is -0.822. The van der Waals surface area contributed by atoms with Crippen LogP contribution in [-0.4, -0.2) is 37.4 Å². The van der Waals surface area contributed by atoms with E-state index in [0.717, 1.165) is 26.2 Å². The van der Waals surface area contributed by atoms with E-state index >= 15 is 0 Å². The number of benzene rings is 1. The Kier molecular flexibility index (Phi) is 2.46. The second-order valence-electron chi connectivity index (χ2n) is 8.08. The minimum Gasteiger partial charge on any atom is -0.391 e. The highest BCUT2D eigenvalue weighted by atomic mass is 16.3. The third-order valence-electron chi connectivity index (χ3n) is 6.07. The predicted molar refractivity (Wildman–Crippen MR) is 77.5 cm³/mol. The van der Waals surface area contributed by atoms with E-state index in [1.54, 1.807) is 9.80 Å². The molecule has 0 amide bonds. The van der Waals surface area contributed by atoms with Crippen molar-refractivity contribution >= 4 is 0 Å². The molecule has 3 N–H and O–H groups in total. The summed E-state index contributed by atoms with van der Waals surface area (Å²) in [5.74, 6) is 0. The van der Waals surface area contributed by atoms with Crippen LogP contribution in [-0.2, 0) is 0 Å². The van der Waals surface area contributed by atoms with Crippen LogP contribution in [0.5, 0.6) is 0 Å². The second-order valence-corrected chi connectivity index (χ2v) is 8.08. The maximum atomic E-state index is 10.7. The van der Waals surface area contributed by atoms with Gasteiger partial charge in [0.15, 0.2) is 0 Å². The molecular weight excluding hydrogens is 248 g/mol. The zero-order chi connectivity index (χ0) is 14.1. The quantitative estimate of drug-likeness (QED) is 0.614. The SMILES string of the molecule is Cc1ccc(C2[NH+]3CC4(C)C[NH+]2CC(C)(C3)C4O)cc1. The van der Waals surface area contributed by atoms with Gasteiger partial charge in [0.2, 0.25) is 6.17 Å². The van der Waals surface area contributed by atoms with Crippen LogP contribution in [0.25, 0.3) is 0 Å². The van der Waals surface area contributed by atoms with Gasteiger partial charge in [-0.15, -0.1) is 0 Å². The number of aliphatic hydroxyl groups excluding tert-OH is 1. The Hall–Kier alpha value is -0.900. The van der Waals surface area contributed by atoms with Gasteiger partial charge in [-0.05, 0) is 32.9 Å². The van der Waals surface area contributed by atoms with Gasteiger partial charge >= 0.3 is 0 Å². The molecule has 3 heteroatoms. The van der Waals surface area contributed by atoms with Crippen molar-refractivity contribution in [1.82, 2.24) is 0 Å². The number of nitrogens with one attached hydrogen (secondary N) is 2. The molecule has 4 aliphatic heterocycles. The third-order valence-corrected chi connectivity index (χ3v) is 6.07. The first kappa shape index (κ1) is 12.8. The second kappa shape index (κ2) is 3.85. The lowest BCUT2D eigenvalue weighted by atomic mass is 9.60. The summed E-state index contributed by atoms with van der Waals surface area (Å²) in [6.07, 6.45) is 0.450. The van der Waals surface area contributed by atoms with Crippen molar-refractivity contribution in [3.05, 3.63) is 35.4 Å². The van der Waals surface area contributed by atoms with Crippen molar-refractivity contribution in [1.29, 1.82) is 0 Å². The number of rotatable bonds is 1. The van der Waals surface area contributed by atoms with Crippen LogP contribution < -0.4 is 9.80 Å². The first-order valence-corrected chi connectivity index (χ1v) is 7.85. The van der Waals surface area contributed by atoms with Gasteiger partial charge in [-0.2, -0.15) is 0 Å². The molecular formula is C17H26N2O+2. The van der Waals surface area contributed by atoms with Crippen LogP contribution in [0.2, 0.25) is 0 Å². The molecule has 108 valence electrons. The first-order valence-electron chi connectivity index (χ1n) is 7.85. The van der Waals surface area contributed by atoms with Crippen LogP contribution >= 0.6 is 0 Å².